The number of nitrogens with one attached hydrogen (secondary N) is 1. The molecule has 1 heterocycles. The molecule has 1 saturated heterocycles. The normalized spacial score (nSPS) is 28.9. The predicted octanol–water partition coefficient (Wildman–Crippen LogP) is -0.284. The molecule has 1 aliphatic heterocycles. The molecule has 15 heavy (non-hydrogen) atoms. The highest BCUT2D eigenvalue weighted by Gasteiger charge is 2.43. The summed E-state index contributed by atoms with van der Waals surface area (Å²) in [6.07, 6.45) is 0.606. The van der Waals surface area contributed by atoms with Gasteiger partial charge in [0.05, 0.1) is 25.0 Å². The molecule has 0 aromatic carbocycles. The van der Waals surface area contributed by atoms with E-state index >= 15 is 0 Å². The van der Waals surface area contributed by atoms with Gasteiger partial charge >= 0.3 is 5.97 Å². The summed E-state index contributed by atoms with van der Waals surface area (Å²) in [6, 6.07) is 0. The van der Waals surface area contributed by atoms with Gasteiger partial charge in [-0.2, -0.15) is 0 Å². The van der Waals surface area contributed by atoms with Gasteiger partial charge in [-0.05, 0) is 13.0 Å². The minimum absolute atomic E-state index is 0.0307. The van der Waals surface area contributed by atoms with Crippen molar-refractivity contribution >= 4 is 15.8 Å². The Bertz CT molecular complexity index is 338. The Labute approximate surface area is 90.1 Å². The average Bonchev–Trinajstić information content (AvgIpc) is 2.42. The van der Waals surface area contributed by atoms with Crippen molar-refractivity contribution in [1.29, 1.82) is 0 Å². The van der Waals surface area contributed by atoms with Crippen molar-refractivity contribution in [2.75, 3.05) is 25.2 Å². The number of methoxy groups -OCH3 is 1. The van der Waals surface area contributed by atoms with E-state index in [9.17, 15) is 13.2 Å². The fourth-order valence-electron chi connectivity index (χ4n) is 1.98. The van der Waals surface area contributed by atoms with E-state index in [4.69, 9.17) is 0 Å². The molecule has 0 spiro atoms. The Hall–Kier alpha value is -0.620. The molecule has 0 aromatic rings. The van der Waals surface area contributed by atoms with Crippen LogP contribution in [0, 0.1) is 0 Å². The van der Waals surface area contributed by atoms with Crippen LogP contribution in [0.3, 0.4) is 0 Å². The van der Waals surface area contributed by atoms with Crippen molar-refractivity contribution < 1.29 is 17.9 Å². The van der Waals surface area contributed by atoms with Crippen molar-refractivity contribution in [3.63, 3.8) is 0 Å². The van der Waals surface area contributed by atoms with Crippen LogP contribution in [0.1, 0.15) is 19.8 Å². The van der Waals surface area contributed by atoms with Crippen LogP contribution >= 0.6 is 0 Å². The van der Waals surface area contributed by atoms with E-state index in [1.165, 1.54) is 7.11 Å². The standard InChI is InChI=1S/C9H17NO4S/c1-3-10-9(6-8(11)14-2)4-5-15(12,13)7-9/h10H,3-7H2,1-2H3. The Kier molecular flexibility index (Phi) is 3.72. The fourth-order valence-corrected chi connectivity index (χ4v) is 4.02. The SMILES string of the molecule is CCNC1(CC(=O)OC)CCS(=O)(=O)C1. The average molecular weight is 235 g/mol. The molecule has 0 saturated carbocycles. The quantitative estimate of drug-likeness (QED) is 0.678. The van der Waals surface area contributed by atoms with Gasteiger partial charge in [0.15, 0.2) is 9.84 Å². The first-order valence-corrected chi connectivity index (χ1v) is 6.77. The summed E-state index contributed by atoms with van der Waals surface area (Å²) in [5, 5.41) is 3.10. The van der Waals surface area contributed by atoms with Crippen molar-refractivity contribution in [1.82, 2.24) is 5.32 Å². The van der Waals surface area contributed by atoms with Gasteiger partial charge < -0.3 is 10.1 Å². The highest BCUT2D eigenvalue weighted by Crippen LogP contribution is 2.27. The highest BCUT2D eigenvalue weighted by atomic mass is 32.2. The predicted molar refractivity (Wildman–Crippen MR) is 56.3 cm³/mol. The van der Waals surface area contributed by atoms with E-state index in [0.29, 0.717) is 13.0 Å². The molecule has 0 radical (unpaired) electrons. The van der Waals surface area contributed by atoms with Crippen molar-refractivity contribution in [2.45, 2.75) is 25.3 Å². The number of hydrogen-bond donors (Lipinski definition) is 1. The molecular formula is C9H17NO4S. The summed E-state index contributed by atoms with van der Waals surface area (Å²) in [7, 11) is -1.69. The van der Waals surface area contributed by atoms with Crippen LogP contribution in [0.25, 0.3) is 0 Å². The van der Waals surface area contributed by atoms with Crippen LogP contribution in [0.15, 0.2) is 0 Å². The number of hydrogen-bond acceptors (Lipinski definition) is 5. The molecule has 0 bridgehead atoms. The van der Waals surface area contributed by atoms with Gasteiger partial charge in [-0.25, -0.2) is 8.42 Å². The van der Waals surface area contributed by atoms with Crippen LogP contribution in [0.5, 0.6) is 0 Å². The molecule has 6 heteroatoms. The second-order valence-electron chi connectivity index (χ2n) is 3.91. The third-order valence-corrected chi connectivity index (χ3v) is 4.47. The first kappa shape index (κ1) is 12.4. The Morgan fingerprint density at radius 3 is 2.60 bits per heavy atom. The smallest absolute Gasteiger partial charge is 0.307 e. The summed E-state index contributed by atoms with van der Waals surface area (Å²) in [4.78, 5) is 11.2. The third kappa shape index (κ3) is 3.17. The molecular weight excluding hydrogens is 218 g/mol. The molecule has 1 aliphatic rings. The Balaban J connectivity index is 2.77. The van der Waals surface area contributed by atoms with Crippen LogP contribution in [-0.2, 0) is 19.4 Å². The molecule has 1 unspecified atom stereocenters. The molecule has 1 fully saturated rings. The first-order chi connectivity index (χ1) is 6.93. The Morgan fingerprint density at radius 2 is 2.20 bits per heavy atom. The maximum atomic E-state index is 11.4. The van der Waals surface area contributed by atoms with Crippen molar-refractivity contribution in [3.8, 4) is 0 Å². The van der Waals surface area contributed by atoms with Crippen molar-refractivity contribution in [2.24, 2.45) is 0 Å². The molecule has 0 amide bonds. The summed E-state index contributed by atoms with van der Waals surface area (Å²) in [5.41, 5.74) is -0.610. The van der Waals surface area contributed by atoms with Crippen LogP contribution in [0.2, 0.25) is 0 Å². The second-order valence-corrected chi connectivity index (χ2v) is 6.09. The van der Waals surface area contributed by atoms with E-state index < -0.39 is 15.4 Å². The van der Waals surface area contributed by atoms with E-state index in [1.807, 2.05) is 6.92 Å². The highest BCUT2D eigenvalue weighted by molar-refractivity contribution is 7.91. The van der Waals surface area contributed by atoms with Crippen molar-refractivity contribution in [3.05, 3.63) is 0 Å². The lowest BCUT2D eigenvalue weighted by Gasteiger charge is -2.27. The zero-order valence-corrected chi connectivity index (χ0v) is 9.89. The number of carbonyl (C=O) groups is 1. The lowest BCUT2D eigenvalue weighted by molar-refractivity contribution is -0.142. The molecule has 5 nitrogen and oxygen atoms in total. The summed E-state index contributed by atoms with van der Waals surface area (Å²) in [6.45, 7) is 2.54. The minimum Gasteiger partial charge on any atom is -0.469 e. The van der Waals surface area contributed by atoms with Gasteiger partial charge in [0.1, 0.15) is 0 Å². The third-order valence-electron chi connectivity index (χ3n) is 2.65. The summed E-state index contributed by atoms with van der Waals surface area (Å²) < 4.78 is 27.4. The lowest BCUT2D eigenvalue weighted by Crippen LogP contribution is -2.48. The van der Waals surface area contributed by atoms with Gasteiger partial charge in [0.2, 0.25) is 0 Å². The minimum atomic E-state index is -3.00. The monoisotopic (exact) mass is 235 g/mol. The summed E-state index contributed by atoms with van der Waals surface area (Å²) >= 11 is 0. The molecule has 0 aromatic heterocycles. The number of carbonyl (C=O) groups excluding carboxylic acids is 1. The largest absolute Gasteiger partial charge is 0.469 e. The maximum absolute atomic E-state index is 11.4. The van der Waals surface area contributed by atoms with Crippen LogP contribution in [0.4, 0.5) is 0 Å². The van der Waals surface area contributed by atoms with Gasteiger partial charge in [-0.15, -0.1) is 0 Å². The molecule has 1 N–H and O–H groups in total. The lowest BCUT2D eigenvalue weighted by atomic mass is 9.94. The van der Waals surface area contributed by atoms with E-state index in [-0.39, 0.29) is 23.9 Å². The molecule has 1 atom stereocenters. The summed E-state index contributed by atoms with van der Waals surface area (Å²) in [5.74, 6) is -0.187. The van der Waals surface area contributed by atoms with Crippen LogP contribution < -0.4 is 5.32 Å². The fraction of sp³-hybridized carbons (Fsp3) is 0.889. The second kappa shape index (κ2) is 4.49. The Morgan fingerprint density at radius 1 is 1.53 bits per heavy atom. The molecule has 1 rings (SSSR count). The van der Waals surface area contributed by atoms with Gasteiger partial charge in [0, 0.05) is 5.54 Å². The number of rotatable bonds is 4. The first-order valence-electron chi connectivity index (χ1n) is 4.95. The van der Waals surface area contributed by atoms with E-state index in [1.54, 1.807) is 0 Å². The number of sulfone groups is 1. The van der Waals surface area contributed by atoms with E-state index in [0.717, 1.165) is 0 Å². The molecule has 0 aliphatic carbocycles. The van der Waals surface area contributed by atoms with Gasteiger partial charge in [0.25, 0.3) is 0 Å². The van der Waals surface area contributed by atoms with Crippen LogP contribution in [-0.4, -0.2) is 45.1 Å². The zero-order valence-electron chi connectivity index (χ0n) is 9.08. The van der Waals surface area contributed by atoms with Gasteiger partial charge in [-0.3, -0.25) is 4.79 Å². The topological polar surface area (TPSA) is 72.5 Å². The van der Waals surface area contributed by atoms with Gasteiger partial charge in [-0.1, -0.05) is 6.92 Å². The number of esters is 1. The number of ether oxygens (including phenoxy) is 1. The maximum Gasteiger partial charge on any atom is 0.307 e. The van der Waals surface area contributed by atoms with E-state index in [2.05, 4.69) is 10.1 Å². The molecule has 88 valence electrons. The zero-order chi connectivity index (χ0) is 11.5.